The second-order valence-corrected chi connectivity index (χ2v) is 8.70. The van der Waals surface area contributed by atoms with Crippen LogP contribution in [0.25, 0.3) is 0 Å². The van der Waals surface area contributed by atoms with Gasteiger partial charge in [-0.3, -0.25) is 9.59 Å². The van der Waals surface area contributed by atoms with Crippen molar-refractivity contribution >= 4 is 11.6 Å². The van der Waals surface area contributed by atoms with Crippen molar-refractivity contribution < 1.29 is 19.8 Å². The van der Waals surface area contributed by atoms with Crippen LogP contribution in [0.5, 0.6) is 0 Å². The number of carbonyl (C=O) groups is 2. The van der Waals surface area contributed by atoms with Crippen molar-refractivity contribution in [3.8, 4) is 0 Å². The quantitative estimate of drug-likeness (QED) is 0.761. The summed E-state index contributed by atoms with van der Waals surface area (Å²) in [6.07, 6.45) is 3.51. The summed E-state index contributed by atoms with van der Waals surface area (Å²) in [6.45, 7) is 11.2. The lowest BCUT2D eigenvalue weighted by atomic mass is 9.45. The second kappa shape index (κ2) is 5.12. The summed E-state index contributed by atoms with van der Waals surface area (Å²) in [5, 5.41) is 21.8. The van der Waals surface area contributed by atoms with E-state index in [4.69, 9.17) is 0 Å². The zero-order chi connectivity index (χ0) is 18.2. The lowest BCUT2D eigenvalue weighted by Gasteiger charge is -2.59. The van der Waals surface area contributed by atoms with Crippen LogP contribution in [-0.2, 0) is 9.59 Å². The van der Waals surface area contributed by atoms with E-state index in [1.165, 1.54) is 13.8 Å². The van der Waals surface area contributed by atoms with Gasteiger partial charge in [0.2, 0.25) is 0 Å². The maximum Gasteiger partial charge on any atom is 0.187 e. The number of fused-ring (bicyclic) bond motifs is 1. The van der Waals surface area contributed by atoms with Crippen LogP contribution in [-0.4, -0.2) is 33.0 Å². The smallest absolute Gasteiger partial charge is 0.187 e. The molecule has 4 rings (SSSR count). The molecule has 0 heterocycles. The first-order chi connectivity index (χ1) is 10.9. The second-order valence-electron chi connectivity index (χ2n) is 8.70. The Bertz CT molecular complexity index is 663. The van der Waals surface area contributed by atoms with Crippen molar-refractivity contribution in [2.75, 3.05) is 0 Å². The lowest BCUT2D eigenvalue weighted by molar-refractivity contribution is -0.178. The van der Waals surface area contributed by atoms with E-state index in [9.17, 15) is 19.8 Å². The van der Waals surface area contributed by atoms with Crippen molar-refractivity contribution in [1.82, 2.24) is 0 Å². The Morgan fingerprint density at radius 1 is 0.958 bits per heavy atom. The molecular formula is C20H28O4. The fraction of sp³-hybridized carbons (Fsp3) is 0.700. The molecule has 0 amide bonds. The van der Waals surface area contributed by atoms with Crippen molar-refractivity contribution in [3.05, 3.63) is 23.3 Å². The Morgan fingerprint density at radius 3 is 2.00 bits per heavy atom. The van der Waals surface area contributed by atoms with Crippen LogP contribution in [0.2, 0.25) is 0 Å². The van der Waals surface area contributed by atoms with Gasteiger partial charge in [0.05, 0.1) is 0 Å². The molecule has 0 aromatic rings. The molecule has 132 valence electrons. The molecule has 1 saturated carbocycles. The van der Waals surface area contributed by atoms with Crippen LogP contribution in [0.15, 0.2) is 23.3 Å². The number of rotatable bonds is 2. The van der Waals surface area contributed by atoms with Gasteiger partial charge in [-0.2, -0.15) is 0 Å². The number of Topliss-reactive ketones (excluding diaryl/α,β-unsaturated/α-hetero) is 1. The maximum atomic E-state index is 13.1. The van der Waals surface area contributed by atoms with E-state index < -0.39 is 29.0 Å². The zero-order valence-electron chi connectivity index (χ0n) is 15.3. The number of ketones is 2. The van der Waals surface area contributed by atoms with Gasteiger partial charge < -0.3 is 10.2 Å². The summed E-state index contributed by atoms with van der Waals surface area (Å²) in [6, 6.07) is 0. The Labute approximate surface area is 143 Å². The summed E-state index contributed by atoms with van der Waals surface area (Å²) in [5.74, 6) is -1.86. The van der Waals surface area contributed by atoms with E-state index >= 15 is 0 Å². The number of carbonyl (C=O) groups excluding carboxylic acids is 2. The van der Waals surface area contributed by atoms with E-state index in [0.717, 1.165) is 11.1 Å². The molecule has 6 atom stereocenters. The predicted molar refractivity (Wildman–Crippen MR) is 91.1 cm³/mol. The molecule has 2 bridgehead atoms. The van der Waals surface area contributed by atoms with Crippen LogP contribution in [0.4, 0.5) is 0 Å². The van der Waals surface area contributed by atoms with Crippen LogP contribution in [0, 0.1) is 35.5 Å². The minimum Gasteiger partial charge on any atom is -0.382 e. The highest BCUT2D eigenvalue weighted by Crippen LogP contribution is 2.59. The van der Waals surface area contributed by atoms with Gasteiger partial charge in [-0.1, -0.05) is 44.9 Å². The standard InChI is InChI=1S/C20H28O4/c1-9(2)11-7-13-17-15(16(11)18(22)19(13,5)23)12(10(3)4)8-14(21)20(17,6)24/h7-10,13,15-17,23-24H,1-6H3/t13?,15?,16?,17?,19-,20+/m1/s1. The minimum absolute atomic E-state index is 0.114. The summed E-state index contributed by atoms with van der Waals surface area (Å²) in [4.78, 5) is 25.6. The van der Waals surface area contributed by atoms with E-state index in [0.29, 0.717) is 0 Å². The zero-order valence-corrected chi connectivity index (χ0v) is 15.3. The van der Waals surface area contributed by atoms with Crippen LogP contribution in [0.3, 0.4) is 0 Å². The molecule has 0 radical (unpaired) electrons. The Morgan fingerprint density at radius 2 is 1.50 bits per heavy atom. The molecule has 4 nitrogen and oxygen atoms in total. The average Bonchev–Trinajstić information content (AvgIpc) is 2.46. The van der Waals surface area contributed by atoms with Gasteiger partial charge in [-0.15, -0.1) is 0 Å². The van der Waals surface area contributed by atoms with E-state index in [-0.39, 0.29) is 29.3 Å². The first-order valence-corrected chi connectivity index (χ1v) is 8.88. The molecule has 4 heteroatoms. The molecule has 1 fully saturated rings. The van der Waals surface area contributed by atoms with Crippen LogP contribution in [0.1, 0.15) is 41.5 Å². The van der Waals surface area contributed by atoms with Crippen LogP contribution < -0.4 is 0 Å². The van der Waals surface area contributed by atoms with Gasteiger partial charge in [0.1, 0.15) is 11.2 Å². The predicted octanol–water partition coefficient (Wildman–Crippen LogP) is 2.30. The van der Waals surface area contributed by atoms with Crippen molar-refractivity contribution in [2.45, 2.75) is 52.7 Å². The molecule has 0 aliphatic heterocycles. The molecule has 24 heavy (non-hydrogen) atoms. The Balaban J connectivity index is 2.28. The third kappa shape index (κ3) is 2.05. The summed E-state index contributed by atoms with van der Waals surface area (Å²) >= 11 is 0. The van der Waals surface area contributed by atoms with Gasteiger partial charge >= 0.3 is 0 Å². The first kappa shape index (κ1) is 17.6. The third-order valence-electron chi connectivity index (χ3n) is 6.46. The van der Waals surface area contributed by atoms with Gasteiger partial charge in [0, 0.05) is 23.7 Å². The Hall–Kier alpha value is -1.26. The summed E-state index contributed by atoms with van der Waals surface area (Å²) < 4.78 is 0. The first-order valence-electron chi connectivity index (χ1n) is 8.88. The average molecular weight is 332 g/mol. The molecule has 4 unspecified atom stereocenters. The fourth-order valence-electron chi connectivity index (χ4n) is 5.12. The number of hydrogen-bond donors (Lipinski definition) is 2. The largest absolute Gasteiger partial charge is 0.382 e. The van der Waals surface area contributed by atoms with Crippen molar-refractivity contribution in [1.29, 1.82) is 0 Å². The molecule has 0 aromatic carbocycles. The highest BCUT2D eigenvalue weighted by Gasteiger charge is 2.66. The number of allylic oxidation sites excluding steroid dienone is 2. The van der Waals surface area contributed by atoms with Crippen LogP contribution >= 0.6 is 0 Å². The topological polar surface area (TPSA) is 74.6 Å². The molecule has 4 aliphatic carbocycles. The molecule has 2 N–H and O–H groups in total. The van der Waals surface area contributed by atoms with Gasteiger partial charge in [0.25, 0.3) is 0 Å². The molecule has 0 spiro atoms. The van der Waals surface area contributed by atoms with Gasteiger partial charge in [-0.05, 0) is 31.8 Å². The molecular weight excluding hydrogens is 304 g/mol. The van der Waals surface area contributed by atoms with Crippen molar-refractivity contribution in [2.24, 2.45) is 35.5 Å². The lowest BCUT2D eigenvalue weighted by Crippen LogP contribution is -2.68. The summed E-state index contributed by atoms with van der Waals surface area (Å²) in [5.41, 5.74) is -1.13. The van der Waals surface area contributed by atoms with Crippen molar-refractivity contribution in [3.63, 3.8) is 0 Å². The van der Waals surface area contributed by atoms with E-state index in [1.54, 1.807) is 6.08 Å². The van der Waals surface area contributed by atoms with E-state index in [2.05, 4.69) is 13.8 Å². The normalized spacial score (nSPS) is 44.8. The Kier molecular flexibility index (Phi) is 3.75. The maximum absolute atomic E-state index is 13.1. The number of aliphatic hydroxyl groups is 2. The number of hydrogen-bond acceptors (Lipinski definition) is 4. The highest BCUT2D eigenvalue weighted by atomic mass is 16.3. The van der Waals surface area contributed by atoms with Gasteiger partial charge in [-0.25, -0.2) is 0 Å². The highest BCUT2D eigenvalue weighted by molar-refractivity contribution is 6.01. The molecule has 4 aliphatic rings. The summed E-state index contributed by atoms with van der Waals surface area (Å²) in [7, 11) is 0. The monoisotopic (exact) mass is 332 g/mol. The van der Waals surface area contributed by atoms with Gasteiger partial charge in [0.15, 0.2) is 11.6 Å². The molecule has 0 saturated heterocycles. The fourth-order valence-corrected chi connectivity index (χ4v) is 5.12. The minimum atomic E-state index is -1.56. The van der Waals surface area contributed by atoms with E-state index in [1.807, 2.05) is 19.9 Å². The SMILES string of the molecule is CC(C)C1=CC2C3C(C(C(C)C)=CC(=O)[C@]3(C)O)C1C(=O)[C@]2(C)O. The molecule has 0 aromatic heterocycles. The third-order valence-corrected chi connectivity index (χ3v) is 6.46.